The van der Waals surface area contributed by atoms with Crippen LogP contribution in [-0.4, -0.2) is 53.7 Å². The van der Waals surface area contributed by atoms with E-state index in [2.05, 4.69) is 4.98 Å². The average Bonchev–Trinajstić information content (AvgIpc) is 2.62. The summed E-state index contributed by atoms with van der Waals surface area (Å²) in [5.41, 5.74) is 0.635. The number of nitrogens with zero attached hydrogens (tertiary/aromatic N) is 2. The van der Waals surface area contributed by atoms with E-state index in [1.165, 1.54) is 23.3 Å². The highest BCUT2D eigenvalue weighted by molar-refractivity contribution is 7.13. The van der Waals surface area contributed by atoms with Gasteiger partial charge in [-0.05, 0) is 13.8 Å². The van der Waals surface area contributed by atoms with Gasteiger partial charge in [0.2, 0.25) is 0 Å². The predicted molar refractivity (Wildman–Crippen MR) is 67.0 cm³/mol. The Balaban J connectivity index is 2.87. The van der Waals surface area contributed by atoms with Crippen LogP contribution in [-0.2, 0) is 9.53 Å². The van der Waals surface area contributed by atoms with Gasteiger partial charge in [0.05, 0.1) is 17.3 Å². The molecule has 6 nitrogen and oxygen atoms in total. The van der Waals surface area contributed by atoms with Crippen LogP contribution in [0.2, 0.25) is 0 Å². The molecule has 1 rings (SSSR count). The van der Waals surface area contributed by atoms with Crippen molar-refractivity contribution in [3.8, 4) is 0 Å². The number of carbonyl (C=O) groups is 2. The van der Waals surface area contributed by atoms with Crippen LogP contribution in [0.1, 0.15) is 20.4 Å². The lowest BCUT2D eigenvalue weighted by atomic mass is 10.3. The minimum Gasteiger partial charge on any atom is -0.480 e. The molecule has 1 aromatic rings. The zero-order valence-electron chi connectivity index (χ0n) is 10.6. The maximum atomic E-state index is 12.2. The minimum atomic E-state index is -1.04. The zero-order valence-corrected chi connectivity index (χ0v) is 11.4. The topological polar surface area (TPSA) is 79.7 Å². The largest absolute Gasteiger partial charge is 0.480 e. The Morgan fingerprint density at radius 2 is 2.11 bits per heavy atom. The van der Waals surface area contributed by atoms with E-state index in [1.807, 2.05) is 6.92 Å². The predicted octanol–water partition coefficient (Wildman–Crippen LogP) is 0.933. The second-order valence-corrected chi connectivity index (χ2v) is 4.96. The number of carboxylic acids is 1. The van der Waals surface area contributed by atoms with Crippen LogP contribution in [0.25, 0.3) is 0 Å². The highest BCUT2D eigenvalue weighted by atomic mass is 32.1. The van der Waals surface area contributed by atoms with Gasteiger partial charge in [0.1, 0.15) is 11.4 Å². The molecule has 1 heterocycles. The van der Waals surface area contributed by atoms with Gasteiger partial charge in [-0.15, -0.1) is 11.3 Å². The number of rotatable bonds is 6. The quantitative estimate of drug-likeness (QED) is 0.833. The number of aryl methyl sites for hydroxylation is 2. The van der Waals surface area contributed by atoms with E-state index in [9.17, 15) is 9.59 Å². The van der Waals surface area contributed by atoms with Crippen LogP contribution in [0, 0.1) is 13.8 Å². The third-order valence-corrected chi connectivity index (χ3v) is 3.34. The molecule has 0 aliphatic rings. The van der Waals surface area contributed by atoms with Crippen molar-refractivity contribution in [1.29, 1.82) is 0 Å². The summed E-state index contributed by atoms with van der Waals surface area (Å²) in [5.74, 6) is -1.35. The molecule has 0 spiro atoms. The summed E-state index contributed by atoms with van der Waals surface area (Å²) >= 11 is 1.28. The summed E-state index contributed by atoms with van der Waals surface area (Å²) in [6.07, 6.45) is 0. The molecule has 0 saturated heterocycles. The molecule has 0 aliphatic heterocycles. The molecule has 0 bridgehead atoms. The number of aromatic nitrogens is 1. The Morgan fingerprint density at radius 1 is 1.44 bits per heavy atom. The van der Waals surface area contributed by atoms with Gasteiger partial charge in [0.25, 0.3) is 5.91 Å². The van der Waals surface area contributed by atoms with Gasteiger partial charge in [-0.1, -0.05) is 0 Å². The molecule has 1 aromatic heterocycles. The van der Waals surface area contributed by atoms with Crippen LogP contribution in [0.3, 0.4) is 0 Å². The van der Waals surface area contributed by atoms with Crippen molar-refractivity contribution in [2.24, 2.45) is 0 Å². The van der Waals surface area contributed by atoms with Gasteiger partial charge in [-0.2, -0.15) is 0 Å². The third kappa shape index (κ3) is 3.78. The molecule has 1 N–H and O–H groups in total. The second kappa shape index (κ2) is 6.46. The van der Waals surface area contributed by atoms with Crippen molar-refractivity contribution >= 4 is 23.2 Å². The maximum Gasteiger partial charge on any atom is 0.323 e. The molecular formula is C11H16N2O4S. The van der Waals surface area contributed by atoms with E-state index in [-0.39, 0.29) is 19.0 Å². The lowest BCUT2D eigenvalue weighted by molar-refractivity contribution is -0.137. The Morgan fingerprint density at radius 3 is 2.56 bits per heavy atom. The number of ether oxygens (including phenoxy) is 1. The number of carbonyl (C=O) groups excluding carboxylic acids is 1. The fourth-order valence-electron chi connectivity index (χ4n) is 1.49. The van der Waals surface area contributed by atoms with Crippen molar-refractivity contribution in [3.05, 3.63) is 15.6 Å². The zero-order chi connectivity index (χ0) is 13.7. The Labute approximate surface area is 109 Å². The summed E-state index contributed by atoms with van der Waals surface area (Å²) < 4.78 is 4.88. The SMILES string of the molecule is COCCN(CC(=O)O)C(=O)c1sc(C)nc1C. The van der Waals surface area contributed by atoms with Crippen LogP contribution in [0.15, 0.2) is 0 Å². The molecule has 7 heteroatoms. The van der Waals surface area contributed by atoms with Crippen molar-refractivity contribution in [2.75, 3.05) is 26.8 Å². The Bertz CT molecular complexity index is 444. The van der Waals surface area contributed by atoms with Crippen molar-refractivity contribution < 1.29 is 19.4 Å². The molecule has 0 fully saturated rings. The highest BCUT2D eigenvalue weighted by Gasteiger charge is 2.22. The first-order chi connectivity index (χ1) is 8.45. The minimum absolute atomic E-state index is 0.248. The number of methoxy groups -OCH3 is 1. The summed E-state index contributed by atoms with van der Waals surface area (Å²) in [7, 11) is 1.51. The lowest BCUT2D eigenvalue weighted by Gasteiger charge is -2.19. The summed E-state index contributed by atoms with van der Waals surface area (Å²) in [4.78, 5) is 28.9. The Kier molecular flexibility index (Phi) is 5.24. The lowest BCUT2D eigenvalue weighted by Crippen LogP contribution is -2.37. The summed E-state index contributed by atoms with van der Waals surface area (Å²) in [6.45, 7) is 3.77. The van der Waals surface area contributed by atoms with Crippen LogP contribution < -0.4 is 0 Å². The van der Waals surface area contributed by atoms with E-state index in [0.717, 1.165) is 5.01 Å². The molecule has 0 unspecified atom stereocenters. The van der Waals surface area contributed by atoms with E-state index >= 15 is 0 Å². The van der Waals surface area contributed by atoms with Crippen LogP contribution in [0.5, 0.6) is 0 Å². The van der Waals surface area contributed by atoms with E-state index in [4.69, 9.17) is 9.84 Å². The molecule has 18 heavy (non-hydrogen) atoms. The van der Waals surface area contributed by atoms with Gasteiger partial charge < -0.3 is 14.7 Å². The standard InChI is InChI=1S/C11H16N2O4S/c1-7-10(18-8(2)12-7)11(16)13(4-5-17-3)6-9(14)15/h4-6H2,1-3H3,(H,14,15). The van der Waals surface area contributed by atoms with Crippen molar-refractivity contribution in [2.45, 2.75) is 13.8 Å². The van der Waals surface area contributed by atoms with Gasteiger partial charge >= 0.3 is 5.97 Å². The van der Waals surface area contributed by atoms with Crippen LogP contribution >= 0.6 is 11.3 Å². The van der Waals surface area contributed by atoms with E-state index in [0.29, 0.717) is 17.2 Å². The van der Waals surface area contributed by atoms with Gasteiger partial charge in [-0.25, -0.2) is 4.98 Å². The third-order valence-electron chi connectivity index (χ3n) is 2.28. The first-order valence-electron chi connectivity index (χ1n) is 5.39. The normalized spacial score (nSPS) is 10.4. The molecule has 100 valence electrons. The fourth-order valence-corrected chi connectivity index (χ4v) is 2.38. The van der Waals surface area contributed by atoms with Crippen molar-refractivity contribution in [1.82, 2.24) is 9.88 Å². The van der Waals surface area contributed by atoms with Gasteiger partial charge in [0.15, 0.2) is 0 Å². The van der Waals surface area contributed by atoms with E-state index in [1.54, 1.807) is 6.92 Å². The Hall–Kier alpha value is -1.47. The highest BCUT2D eigenvalue weighted by Crippen LogP contribution is 2.19. The fraction of sp³-hybridized carbons (Fsp3) is 0.545. The summed E-state index contributed by atoms with van der Waals surface area (Å²) in [5, 5.41) is 9.60. The number of hydrogen-bond acceptors (Lipinski definition) is 5. The maximum absolute atomic E-state index is 12.2. The molecule has 0 saturated carbocycles. The number of aliphatic carboxylic acids is 1. The average molecular weight is 272 g/mol. The summed E-state index contributed by atoms with van der Waals surface area (Å²) in [6, 6.07) is 0. The second-order valence-electron chi connectivity index (χ2n) is 3.76. The monoisotopic (exact) mass is 272 g/mol. The molecular weight excluding hydrogens is 256 g/mol. The molecule has 1 amide bonds. The van der Waals surface area contributed by atoms with Crippen LogP contribution in [0.4, 0.5) is 0 Å². The van der Waals surface area contributed by atoms with Crippen molar-refractivity contribution in [3.63, 3.8) is 0 Å². The molecule has 0 aromatic carbocycles. The van der Waals surface area contributed by atoms with Gasteiger partial charge in [-0.3, -0.25) is 9.59 Å². The number of carboxylic acid groups (broad SMARTS) is 1. The first-order valence-corrected chi connectivity index (χ1v) is 6.21. The number of amides is 1. The molecule has 0 atom stereocenters. The van der Waals surface area contributed by atoms with E-state index < -0.39 is 5.97 Å². The smallest absolute Gasteiger partial charge is 0.323 e. The molecule has 0 aliphatic carbocycles. The first kappa shape index (κ1) is 14.6. The molecule has 0 radical (unpaired) electrons. The number of thiazole rings is 1. The van der Waals surface area contributed by atoms with Gasteiger partial charge in [0, 0.05) is 13.7 Å². The number of hydrogen-bond donors (Lipinski definition) is 1.